The van der Waals surface area contributed by atoms with E-state index in [2.05, 4.69) is 40.4 Å². The lowest BCUT2D eigenvalue weighted by Gasteiger charge is -2.47. The second-order valence-electron chi connectivity index (χ2n) is 8.10. The van der Waals surface area contributed by atoms with Crippen LogP contribution in [-0.4, -0.2) is 64.8 Å². The molecule has 28 heavy (non-hydrogen) atoms. The summed E-state index contributed by atoms with van der Waals surface area (Å²) in [6, 6.07) is 10.7. The lowest BCUT2D eigenvalue weighted by Crippen LogP contribution is -2.56. The normalized spacial score (nSPS) is 23.1. The van der Waals surface area contributed by atoms with Crippen LogP contribution in [0.4, 0.5) is 0 Å². The molecule has 0 aliphatic carbocycles. The Morgan fingerprint density at radius 3 is 2.82 bits per heavy atom. The van der Waals surface area contributed by atoms with Gasteiger partial charge < -0.3 is 10.2 Å². The second-order valence-corrected chi connectivity index (χ2v) is 8.10. The second kappa shape index (κ2) is 8.45. The van der Waals surface area contributed by atoms with Gasteiger partial charge in [0, 0.05) is 56.9 Å². The molecule has 2 fully saturated rings. The van der Waals surface area contributed by atoms with Crippen molar-refractivity contribution in [2.24, 2.45) is 5.92 Å². The van der Waals surface area contributed by atoms with E-state index in [9.17, 15) is 4.79 Å². The predicted molar refractivity (Wildman–Crippen MR) is 110 cm³/mol. The van der Waals surface area contributed by atoms with E-state index in [1.807, 2.05) is 29.9 Å². The lowest BCUT2D eigenvalue weighted by atomic mass is 9.83. The maximum Gasteiger partial charge on any atom is 0.222 e. The summed E-state index contributed by atoms with van der Waals surface area (Å²) in [5.41, 5.74) is 3.49. The number of hydrogen-bond donors (Lipinski definition) is 1. The lowest BCUT2D eigenvalue weighted by molar-refractivity contribution is -0.141. The average molecular weight is 382 g/mol. The van der Waals surface area contributed by atoms with Crippen LogP contribution in [0.2, 0.25) is 0 Å². The zero-order chi connectivity index (χ0) is 19.5. The zero-order valence-corrected chi connectivity index (χ0v) is 17.0. The minimum absolute atomic E-state index is 0.338. The van der Waals surface area contributed by atoms with Crippen molar-refractivity contribution in [2.45, 2.75) is 38.8 Å². The molecule has 1 amide bonds. The molecule has 1 aromatic heterocycles. The highest BCUT2D eigenvalue weighted by atomic mass is 16.2. The van der Waals surface area contributed by atoms with Crippen molar-refractivity contribution in [1.82, 2.24) is 24.9 Å². The van der Waals surface area contributed by atoms with Crippen LogP contribution in [0.25, 0.3) is 5.69 Å². The fraction of sp³-hybridized carbons (Fsp3) is 0.545. The third-order valence-electron chi connectivity index (χ3n) is 6.25. The number of likely N-dealkylation sites (N-methyl/N-ethyl adjacent to an activating group) is 1. The van der Waals surface area contributed by atoms with Crippen molar-refractivity contribution < 1.29 is 4.79 Å². The number of aromatic nitrogens is 2. The summed E-state index contributed by atoms with van der Waals surface area (Å²) in [4.78, 5) is 17.1. The minimum atomic E-state index is 0.338. The van der Waals surface area contributed by atoms with Gasteiger partial charge in [-0.3, -0.25) is 9.69 Å². The van der Waals surface area contributed by atoms with Gasteiger partial charge in [-0.05, 0) is 44.9 Å². The molecule has 2 aliphatic heterocycles. The molecule has 0 bridgehead atoms. The first kappa shape index (κ1) is 19.2. The van der Waals surface area contributed by atoms with Crippen molar-refractivity contribution in [3.05, 3.63) is 47.8 Å². The van der Waals surface area contributed by atoms with Gasteiger partial charge in [-0.25, -0.2) is 4.68 Å². The number of carbonyl (C=O) groups excluding carboxylic acids is 1. The van der Waals surface area contributed by atoms with Gasteiger partial charge in [0.1, 0.15) is 0 Å². The maximum absolute atomic E-state index is 12.4. The number of piperidine rings is 2. The monoisotopic (exact) mass is 381 g/mol. The van der Waals surface area contributed by atoms with E-state index in [4.69, 9.17) is 5.10 Å². The number of rotatable bonds is 6. The Balaban J connectivity index is 1.41. The fourth-order valence-electron chi connectivity index (χ4n) is 4.70. The molecule has 2 aromatic rings. The molecule has 1 N–H and O–H groups in total. The van der Waals surface area contributed by atoms with E-state index < -0.39 is 0 Å². The number of fused-ring (bicyclic) bond motifs is 1. The van der Waals surface area contributed by atoms with E-state index in [-0.39, 0.29) is 0 Å². The first-order valence-electron chi connectivity index (χ1n) is 10.4. The third-order valence-corrected chi connectivity index (χ3v) is 6.25. The molecule has 4 rings (SSSR count). The third kappa shape index (κ3) is 3.98. The van der Waals surface area contributed by atoms with Crippen molar-refractivity contribution in [2.75, 3.05) is 33.2 Å². The molecule has 2 saturated heterocycles. The number of hydrogen-bond acceptors (Lipinski definition) is 4. The Bertz CT molecular complexity index is 803. The van der Waals surface area contributed by atoms with E-state index in [0.29, 0.717) is 24.3 Å². The van der Waals surface area contributed by atoms with Gasteiger partial charge in [0.2, 0.25) is 5.91 Å². The molecule has 0 unspecified atom stereocenters. The molecule has 0 saturated carbocycles. The van der Waals surface area contributed by atoms with Crippen LogP contribution in [0.5, 0.6) is 0 Å². The summed E-state index contributed by atoms with van der Waals surface area (Å²) in [5, 5.41) is 7.89. The van der Waals surface area contributed by atoms with Crippen molar-refractivity contribution >= 4 is 5.91 Å². The van der Waals surface area contributed by atoms with Gasteiger partial charge in [0.15, 0.2) is 0 Å². The van der Waals surface area contributed by atoms with Gasteiger partial charge in [-0.1, -0.05) is 18.2 Å². The highest BCUT2D eigenvalue weighted by Gasteiger charge is 2.38. The molecule has 2 aliphatic rings. The number of likely N-dealkylation sites (tertiary alicyclic amines) is 2. The first-order chi connectivity index (χ1) is 13.7. The summed E-state index contributed by atoms with van der Waals surface area (Å²) in [5.74, 6) is 0.928. The number of nitrogens with one attached hydrogen (secondary N) is 1. The molecule has 0 radical (unpaired) electrons. The molecule has 2 atom stereocenters. The fourth-order valence-corrected chi connectivity index (χ4v) is 4.70. The topological polar surface area (TPSA) is 53.4 Å². The highest BCUT2D eigenvalue weighted by Crippen LogP contribution is 2.32. The molecule has 3 heterocycles. The van der Waals surface area contributed by atoms with E-state index in [1.54, 1.807) is 0 Å². The van der Waals surface area contributed by atoms with E-state index in [0.717, 1.165) is 56.9 Å². The summed E-state index contributed by atoms with van der Waals surface area (Å²) < 4.78 is 1.98. The SMILES string of the molecule is CNCCN1C(=O)CC[C@H]2CN(Cc3cn(-c4ccccc4)nc3C)CC[C@H]21. The molecule has 150 valence electrons. The van der Waals surface area contributed by atoms with Crippen LogP contribution < -0.4 is 5.32 Å². The largest absolute Gasteiger partial charge is 0.338 e. The number of para-hydroxylation sites is 1. The summed E-state index contributed by atoms with van der Waals surface area (Å²) in [6.45, 7) is 6.85. The summed E-state index contributed by atoms with van der Waals surface area (Å²) in [7, 11) is 1.95. The van der Waals surface area contributed by atoms with Gasteiger partial charge in [-0.2, -0.15) is 5.10 Å². The van der Waals surface area contributed by atoms with Crippen LogP contribution in [0.1, 0.15) is 30.5 Å². The van der Waals surface area contributed by atoms with Crippen molar-refractivity contribution in [1.29, 1.82) is 0 Å². The molecular formula is C22H31N5O. The molecule has 1 aromatic carbocycles. The Labute approximate surface area is 167 Å². The summed E-state index contributed by atoms with van der Waals surface area (Å²) in [6.07, 6.45) is 4.97. The molecule has 6 nitrogen and oxygen atoms in total. The summed E-state index contributed by atoms with van der Waals surface area (Å²) >= 11 is 0. The van der Waals surface area contributed by atoms with Crippen LogP contribution in [0.3, 0.4) is 0 Å². The number of amides is 1. The first-order valence-corrected chi connectivity index (χ1v) is 10.4. The van der Waals surface area contributed by atoms with Gasteiger partial charge in [-0.15, -0.1) is 0 Å². The standard InChI is InChI=1S/C22H31N5O/c1-17-19(16-27(24-17)20-6-4-3-5-7-20)15-25-12-10-21-18(14-25)8-9-22(28)26(21)13-11-23-2/h3-7,16,18,21,23H,8-15H2,1-2H3/t18-,21+/m0/s1. The van der Waals surface area contributed by atoms with E-state index >= 15 is 0 Å². The number of aryl methyl sites for hydroxylation is 1. The Kier molecular flexibility index (Phi) is 5.78. The van der Waals surface area contributed by atoms with Gasteiger partial charge in [0.25, 0.3) is 0 Å². The number of nitrogens with zero attached hydrogens (tertiary/aromatic N) is 4. The van der Waals surface area contributed by atoms with Crippen LogP contribution >= 0.6 is 0 Å². The zero-order valence-electron chi connectivity index (χ0n) is 17.0. The van der Waals surface area contributed by atoms with Crippen molar-refractivity contribution in [3.63, 3.8) is 0 Å². The van der Waals surface area contributed by atoms with Crippen LogP contribution in [-0.2, 0) is 11.3 Å². The molecule has 0 spiro atoms. The van der Waals surface area contributed by atoms with Crippen molar-refractivity contribution in [3.8, 4) is 5.69 Å². The maximum atomic E-state index is 12.4. The minimum Gasteiger partial charge on any atom is -0.338 e. The quantitative estimate of drug-likeness (QED) is 0.834. The van der Waals surface area contributed by atoms with E-state index in [1.165, 1.54) is 5.56 Å². The number of benzene rings is 1. The Morgan fingerprint density at radius 2 is 2.04 bits per heavy atom. The average Bonchev–Trinajstić information content (AvgIpc) is 3.08. The van der Waals surface area contributed by atoms with Crippen LogP contribution in [0.15, 0.2) is 36.5 Å². The van der Waals surface area contributed by atoms with Gasteiger partial charge >= 0.3 is 0 Å². The van der Waals surface area contributed by atoms with Gasteiger partial charge in [0.05, 0.1) is 11.4 Å². The smallest absolute Gasteiger partial charge is 0.222 e. The Morgan fingerprint density at radius 1 is 1.21 bits per heavy atom. The molecule has 6 heteroatoms. The predicted octanol–water partition coefficient (Wildman–Crippen LogP) is 2.21. The highest BCUT2D eigenvalue weighted by molar-refractivity contribution is 5.77. The number of carbonyl (C=O) groups is 1. The Hall–Kier alpha value is -2.18. The molecular weight excluding hydrogens is 350 g/mol. The van der Waals surface area contributed by atoms with Crippen LogP contribution in [0, 0.1) is 12.8 Å².